The number of fused-ring (bicyclic) bond motifs is 1. The summed E-state index contributed by atoms with van der Waals surface area (Å²) < 4.78 is 4.94. The first-order chi connectivity index (χ1) is 8.93. The van der Waals surface area contributed by atoms with E-state index in [-0.39, 0.29) is 5.56 Å². The minimum atomic E-state index is -0.829. The quantitative estimate of drug-likeness (QED) is 0.842. The molecule has 0 aromatic carbocycles. The van der Waals surface area contributed by atoms with Gasteiger partial charge in [0.1, 0.15) is 21.6 Å². The summed E-state index contributed by atoms with van der Waals surface area (Å²) in [6.45, 7) is 4.82. The zero-order valence-electron chi connectivity index (χ0n) is 10.6. The summed E-state index contributed by atoms with van der Waals surface area (Å²) in [5.74, 6) is -0.115. The Morgan fingerprint density at radius 1 is 1.53 bits per heavy atom. The summed E-state index contributed by atoms with van der Waals surface area (Å²) in [6, 6.07) is 1.82. The van der Waals surface area contributed by atoms with Gasteiger partial charge in [-0.3, -0.25) is 4.79 Å². The number of thiophene rings is 1. The zero-order chi connectivity index (χ0) is 14.2. The van der Waals surface area contributed by atoms with Gasteiger partial charge in [0.25, 0.3) is 5.56 Å². The third-order valence-corrected chi connectivity index (χ3v) is 3.74. The van der Waals surface area contributed by atoms with Gasteiger partial charge in [0.2, 0.25) is 0 Å². The largest absolute Gasteiger partial charge is 0.443 e. The van der Waals surface area contributed by atoms with E-state index in [1.54, 1.807) is 13.8 Å². The number of H-pyrrole nitrogens is 1. The lowest BCUT2D eigenvalue weighted by atomic mass is 10.2. The lowest BCUT2D eigenvalue weighted by Crippen LogP contribution is -2.13. The second-order valence-corrected chi connectivity index (χ2v) is 5.06. The van der Waals surface area contributed by atoms with E-state index < -0.39 is 12.1 Å². The molecule has 1 atom stereocenters. The number of ether oxygens (including phenoxy) is 1. The number of rotatable bonds is 2. The van der Waals surface area contributed by atoms with Gasteiger partial charge in [0.05, 0.1) is 5.39 Å². The molecule has 0 fully saturated rings. The zero-order valence-corrected chi connectivity index (χ0v) is 11.4. The maximum atomic E-state index is 11.9. The summed E-state index contributed by atoms with van der Waals surface area (Å²) >= 11 is 1.10. The molecule has 2 heterocycles. The van der Waals surface area contributed by atoms with E-state index in [1.807, 2.05) is 6.07 Å². The Labute approximate surface area is 112 Å². The Kier molecular flexibility index (Phi) is 3.36. The Morgan fingerprint density at radius 2 is 2.21 bits per heavy atom. The van der Waals surface area contributed by atoms with E-state index in [9.17, 15) is 9.59 Å². The normalized spacial score (nSPS) is 12.1. The summed E-state index contributed by atoms with van der Waals surface area (Å²) in [5, 5.41) is 9.02. The van der Waals surface area contributed by atoms with Gasteiger partial charge in [-0.15, -0.1) is 11.3 Å². The molecule has 2 aromatic heterocycles. The third-order valence-electron chi connectivity index (χ3n) is 2.57. The fourth-order valence-corrected chi connectivity index (χ4v) is 2.80. The van der Waals surface area contributed by atoms with Crippen molar-refractivity contribution in [1.82, 2.24) is 9.97 Å². The molecule has 0 amide bonds. The molecule has 2 aromatic rings. The molecule has 0 bridgehead atoms. The SMILES string of the molecule is Cc1nc2sc(C(=O)O[C@H](C)C#N)c(C)c2c(=O)[nH]1. The molecule has 19 heavy (non-hydrogen) atoms. The number of aromatic nitrogens is 2. The van der Waals surface area contributed by atoms with Crippen LogP contribution in [0.4, 0.5) is 0 Å². The molecular formula is C12H11N3O3S. The number of aryl methyl sites for hydroxylation is 2. The molecule has 98 valence electrons. The second-order valence-electron chi connectivity index (χ2n) is 4.06. The van der Waals surface area contributed by atoms with E-state index in [1.165, 1.54) is 6.92 Å². The minimum absolute atomic E-state index is 0.274. The molecular weight excluding hydrogens is 266 g/mol. The third kappa shape index (κ3) is 2.35. The van der Waals surface area contributed by atoms with Crippen LogP contribution in [0.1, 0.15) is 28.0 Å². The highest BCUT2D eigenvalue weighted by molar-refractivity contribution is 7.20. The molecule has 7 heteroatoms. The van der Waals surface area contributed by atoms with Crippen LogP contribution in [0.25, 0.3) is 10.2 Å². The molecule has 0 aliphatic carbocycles. The predicted octanol–water partition coefficient (Wildman–Crippen LogP) is 1.67. The fraction of sp³-hybridized carbons (Fsp3) is 0.333. The number of esters is 1. The standard InChI is InChI=1S/C12H11N3O3S/c1-5(4-13)18-12(17)9-6(2)8-10(16)14-7(3)15-11(8)19-9/h5H,1-3H3,(H,14,15,16)/t5-/m1/s1. The van der Waals surface area contributed by atoms with Crippen LogP contribution in [0.2, 0.25) is 0 Å². The average Bonchev–Trinajstić information content (AvgIpc) is 2.66. The highest BCUT2D eigenvalue weighted by Gasteiger charge is 2.21. The summed E-state index contributed by atoms with van der Waals surface area (Å²) in [6.07, 6.45) is -0.829. The minimum Gasteiger partial charge on any atom is -0.443 e. The van der Waals surface area contributed by atoms with Crippen molar-refractivity contribution >= 4 is 27.5 Å². The Bertz CT molecular complexity index is 754. The van der Waals surface area contributed by atoms with Crippen molar-refractivity contribution in [2.45, 2.75) is 26.9 Å². The molecule has 2 rings (SSSR count). The molecule has 0 aliphatic heterocycles. The van der Waals surface area contributed by atoms with Crippen LogP contribution in [0.3, 0.4) is 0 Å². The molecule has 0 saturated carbocycles. The maximum absolute atomic E-state index is 11.9. The van der Waals surface area contributed by atoms with Gasteiger partial charge in [-0.1, -0.05) is 0 Å². The molecule has 1 N–H and O–H groups in total. The molecule has 0 saturated heterocycles. The van der Waals surface area contributed by atoms with Gasteiger partial charge in [-0.05, 0) is 26.3 Å². The van der Waals surface area contributed by atoms with E-state index >= 15 is 0 Å². The second kappa shape index (κ2) is 4.82. The van der Waals surface area contributed by atoms with Crippen LogP contribution in [0.15, 0.2) is 4.79 Å². The first kappa shape index (κ1) is 13.2. The monoisotopic (exact) mass is 277 g/mol. The van der Waals surface area contributed by atoms with E-state index in [0.29, 0.717) is 26.5 Å². The number of carbonyl (C=O) groups is 1. The van der Waals surface area contributed by atoms with Gasteiger partial charge in [0.15, 0.2) is 6.10 Å². The first-order valence-electron chi connectivity index (χ1n) is 5.54. The van der Waals surface area contributed by atoms with Gasteiger partial charge < -0.3 is 9.72 Å². The number of nitrogens with zero attached hydrogens (tertiary/aromatic N) is 2. The van der Waals surface area contributed by atoms with Gasteiger partial charge in [-0.2, -0.15) is 5.26 Å². The summed E-state index contributed by atoms with van der Waals surface area (Å²) in [5.41, 5.74) is 0.257. The van der Waals surface area contributed by atoms with Crippen LogP contribution in [-0.2, 0) is 4.74 Å². The van der Waals surface area contributed by atoms with Crippen molar-refractivity contribution in [3.63, 3.8) is 0 Å². The number of aromatic amines is 1. The van der Waals surface area contributed by atoms with Crippen LogP contribution in [-0.4, -0.2) is 22.0 Å². The van der Waals surface area contributed by atoms with Crippen molar-refractivity contribution < 1.29 is 9.53 Å². The fourth-order valence-electron chi connectivity index (χ4n) is 1.69. The Morgan fingerprint density at radius 3 is 2.84 bits per heavy atom. The summed E-state index contributed by atoms with van der Waals surface area (Å²) in [4.78, 5) is 31.3. The van der Waals surface area contributed by atoms with Crippen LogP contribution in [0, 0.1) is 25.2 Å². The van der Waals surface area contributed by atoms with Gasteiger partial charge in [-0.25, -0.2) is 9.78 Å². The van der Waals surface area contributed by atoms with Crippen LogP contribution < -0.4 is 5.56 Å². The first-order valence-corrected chi connectivity index (χ1v) is 6.36. The Hall–Kier alpha value is -2.20. The highest BCUT2D eigenvalue weighted by atomic mass is 32.1. The lowest BCUT2D eigenvalue weighted by Gasteiger charge is -2.04. The molecule has 0 aliphatic rings. The number of hydrogen-bond donors (Lipinski definition) is 1. The number of carbonyl (C=O) groups excluding carboxylic acids is 1. The Balaban J connectivity index is 2.55. The number of nitriles is 1. The number of hydrogen-bond acceptors (Lipinski definition) is 6. The van der Waals surface area contributed by atoms with Crippen molar-refractivity contribution in [3.8, 4) is 6.07 Å². The summed E-state index contributed by atoms with van der Waals surface area (Å²) in [7, 11) is 0. The molecule has 0 unspecified atom stereocenters. The van der Waals surface area contributed by atoms with E-state index in [4.69, 9.17) is 10.00 Å². The van der Waals surface area contributed by atoms with Crippen molar-refractivity contribution in [2.75, 3.05) is 0 Å². The number of nitrogens with one attached hydrogen (secondary N) is 1. The van der Waals surface area contributed by atoms with Crippen molar-refractivity contribution in [1.29, 1.82) is 5.26 Å². The maximum Gasteiger partial charge on any atom is 0.349 e. The topological polar surface area (TPSA) is 95.8 Å². The van der Waals surface area contributed by atoms with E-state index in [2.05, 4.69) is 9.97 Å². The predicted molar refractivity (Wildman–Crippen MR) is 70.2 cm³/mol. The average molecular weight is 277 g/mol. The van der Waals surface area contributed by atoms with Gasteiger partial charge >= 0.3 is 5.97 Å². The van der Waals surface area contributed by atoms with Crippen LogP contribution >= 0.6 is 11.3 Å². The van der Waals surface area contributed by atoms with Crippen molar-refractivity contribution in [2.24, 2.45) is 0 Å². The molecule has 0 radical (unpaired) electrons. The van der Waals surface area contributed by atoms with Crippen molar-refractivity contribution in [3.05, 3.63) is 26.6 Å². The smallest absolute Gasteiger partial charge is 0.349 e. The van der Waals surface area contributed by atoms with Gasteiger partial charge in [0, 0.05) is 0 Å². The van der Waals surface area contributed by atoms with Crippen LogP contribution in [0.5, 0.6) is 0 Å². The molecule has 6 nitrogen and oxygen atoms in total. The van der Waals surface area contributed by atoms with E-state index in [0.717, 1.165) is 11.3 Å². The highest BCUT2D eigenvalue weighted by Crippen LogP contribution is 2.27. The molecule has 0 spiro atoms. The lowest BCUT2D eigenvalue weighted by molar-refractivity contribution is 0.0440.